The fourth-order valence-corrected chi connectivity index (χ4v) is 3.26. The molecule has 0 saturated carbocycles. The molecule has 2 N–H and O–H groups in total. The van der Waals surface area contributed by atoms with Crippen molar-refractivity contribution in [2.45, 2.75) is 58.6 Å². The highest BCUT2D eigenvalue weighted by Gasteiger charge is 2.22. The SMILES string of the molecule is CCCCC(NC(=O)OC(C)(C)C)c1nc(-c2ccc(-c3ccccc3)cc2)c[nH]1. The lowest BCUT2D eigenvalue weighted by Crippen LogP contribution is -2.35. The summed E-state index contributed by atoms with van der Waals surface area (Å²) >= 11 is 0. The molecule has 1 aromatic heterocycles. The number of carbonyl (C=O) groups is 1. The van der Waals surface area contributed by atoms with Crippen molar-refractivity contribution in [1.29, 1.82) is 0 Å². The van der Waals surface area contributed by atoms with Crippen LogP contribution in [0.15, 0.2) is 60.8 Å². The molecular formula is C25H31N3O2. The van der Waals surface area contributed by atoms with Gasteiger partial charge in [-0.3, -0.25) is 0 Å². The molecule has 0 bridgehead atoms. The Bertz CT molecular complexity index is 941. The molecular weight excluding hydrogens is 374 g/mol. The summed E-state index contributed by atoms with van der Waals surface area (Å²) in [6.07, 6.45) is 4.30. The van der Waals surface area contributed by atoms with Crippen molar-refractivity contribution < 1.29 is 9.53 Å². The van der Waals surface area contributed by atoms with Crippen LogP contribution < -0.4 is 5.32 Å². The Hall–Kier alpha value is -3.08. The van der Waals surface area contributed by atoms with Crippen LogP contribution >= 0.6 is 0 Å². The van der Waals surface area contributed by atoms with Crippen LogP contribution in [0.1, 0.15) is 58.8 Å². The van der Waals surface area contributed by atoms with Crippen molar-refractivity contribution in [3.8, 4) is 22.4 Å². The fourth-order valence-electron chi connectivity index (χ4n) is 3.26. The number of unbranched alkanes of at least 4 members (excludes halogenated alkanes) is 1. The van der Waals surface area contributed by atoms with E-state index in [0.29, 0.717) is 0 Å². The third-order valence-electron chi connectivity index (χ3n) is 4.75. The van der Waals surface area contributed by atoms with Crippen LogP contribution in [0.3, 0.4) is 0 Å². The molecule has 0 spiro atoms. The van der Waals surface area contributed by atoms with Crippen LogP contribution in [0, 0.1) is 0 Å². The number of hydrogen-bond acceptors (Lipinski definition) is 3. The van der Waals surface area contributed by atoms with Gasteiger partial charge in [-0.25, -0.2) is 9.78 Å². The smallest absolute Gasteiger partial charge is 0.408 e. The van der Waals surface area contributed by atoms with E-state index in [1.165, 1.54) is 11.1 Å². The summed E-state index contributed by atoms with van der Waals surface area (Å²) in [6, 6.07) is 18.4. The van der Waals surface area contributed by atoms with Crippen LogP contribution in [-0.2, 0) is 4.74 Å². The number of rotatable bonds is 7. The molecule has 158 valence electrons. The molecule has 0 aliphatic carbocycles. The first-order chi connectivity index (χ1) is 14.4. The summed E-state index contributed by atoms with van der Waals surface area (Å²) in [7, 11) is 0. The van der Waals surface area contributed by atoms with Gasteiger partial charge in [-0.05, 0) is 38.3 Å². The van der Waals surface area contributed by atoms with Gasteiger partial charge in [-0.1, -0.05) is 74.4 Å². The van der Waals surface area contributed by atoms with Crippen molar-refractivity contribution in [2.75, 3.05) is 0 Å². The second kappa shape index (κ2) is 9.61. The molecule has 1 unspecified atom stereocenters. The molecule has 0 fully saturated rings. The van der Waals surface area contributed by atoms with Gasteiger partial charge in [-0.15, -0.1) is 0 Å². The van der Waals surface area contributed by atoms with Gasteiger partial charge in [-0.2, -0.15) is 0 Å². The minimum Gasteiger partial charge on any atom is -0.444 e. The number of hydrogen-bond donors (Lipinski definition) is 2. The zero-order chi connectivity index (χ0) is 21.6. The van der Waals surface area contributed by atoms with Crippen molar-refractivity contribution in [3.63, 3.8) is 0 Å². The molecule has 5 heteroatoms. The molecule has 3 rings (SSSR count). The minimum absolute atomic E-state index is 0.211. The van der Waals surface area contributed by atoms with E-state index in [4.69, 9.17) is 9.72 Å². The average Bonchev–Trinajstić information content (AvgIpc) is 3.21. The first-order valence-electron chi connectivity index (χ1n) is 10.6. The van der Waals surface area contributed by atoms with E-state index in [1.54, 1.807) is 0 Å². The molecule has 0 saturated heterocycles. The van der Waals surface area contributed by atoms with Gasteiger partial charge in [0.25, 0.3) is 0 Å². The quantitative estimate of drug-likeness (QED) is 0.471. The monoisotopic (exact) mass is 405 g/mol. The number of imidazole rings is 1. The third kappa shape index (κ3) is 5.96. The van der Waals surface area contributed by atoms with E-state index in [0.717, 1.165) is 36.3 Å². The van der Waals surface area contributed by atoms with Gasteiger partial charge >= 0.3 is 6.09 Å². The maximum Gasteiger partial charge on any atom is 0.408 e. The van der Waals surface area contributed by atoms with E-state index in [9.17, 15) is 4.79 Å². The standard InChI is InChI=1S/C25H31N3O2/c1-5-6-12-21(28-24(29)30-25(2,3)4)23-26-17-22(27-23)20-15-13-19(14-16-20)18-10-8-7-9-11-18/h7-11,13-17,21H,5-6,12H2,1-4H3,(H,26,27)(H,28,29). The lowest BCUT2D eigenvalue weighted by Gasteiger charge is -2.22. The molecule has 1 atom stereocenters. The van der Waals surface area contributed by atoms with Crippen LogP contribution in [0.5, 0.6) is 0 Å². The maximum atomic E-state index is 12.3. The molecule has 0 aliphatic heterocycles. The number of amides is 1. The number of aromatic amines is 1. The molecule has 5 nitrogen and oxygen atoms in total. The van der Waals surface area contributed by atoms with Gasteiger partial charge in [0.2, 0.25) is 0 Å². The summed E-state index contributed by atoms with van der Waals surface area (Å²) in [4.78, 5) is 20.3. The first kappa shape index (κ1) is 21.6. The molecule has 0 aliphatic rings. The van der Waals surface area contributed by atoms with Crippen LogP contribution in [0.2, 0.25) is 0 Å². The largest absolute Gasteiger partial charge is 0.444 e. The maximum absolute atomic E-state index is 12.3. The number of aromatic nitrogens is 2. The lowest BCUT2D eigenvalue weighted by atomic mass is 10.0. The number of alkyl carbamates (subject to hydrolysis) is 1. The van der Waals surface area contributed by atoms with E-state index in [1.807, 2.05) is 45.2 Å². The summed E-state index contributed by atoms with van der Waals surface area (Å²) in [5.41, 5.74) is 3.71. The minimum atomic E-state index is -0.534. The van der Waals surface area contributed by atoms with E-state index < -0.39 is 11.7 Å². The van der Waals surface area contributed by atoms with Gasteiger partial charge in [0, 0.05) is 11.8 Å². The number of nitrogens with one attached hydrogen (secondary N) is 2. The van der Waals surface area contributed by atoms with Crippen LogP contribution in [0.4, 0.5) is 4.79 Å². The predicted octanol–water partition coefficient (Wildman–Crippen LogP) is 6.50. The van der Waals surface area contributed by atoms with Gasteiger partial charge in [0.1, 0.15) is 11.4 Å². The zero-order valence-electron chi connectivity index (χ0n) is 18.2. The molecule has 30 heavy (non-hydrogen) atoms. The lowest BCUT2D eigenvalue weighted by molar-refractivity contribution is 0.0498. The topological polar surface area (TPSA) is 67.0 Å². The van der Waals surface area contributed by atoms with Gasteiger partial charge in [0.15, 0.2) is 0 Å². The fraction of sp³-hybridized carbons (Fsp3) is 0.360. The van der Waals surface area contributed by atoms with Gasteiger partial charge in [0.05, 0.1) is 11.7 Å². The Labute approximate surface area is 178 Å². The Morgan fingerprint density at radius 3 is 2.30 bits per heavy atom. The highest BCUT2D eigenvalue weighted by molar-refractivity contribution is 5.69. The molecule has 0 radical (unpaired) electrons. The van der Waals surface area contributed by atoms with Crippen molar-refractivity contribution >= 4 is 6.09 Å². The third-order valence-corrected chi connectivity index (χ3v) is 4.75. The van der Waals surface area contributed by atoms with E-state index in [-0.39, 0.29) is 6.04 Å². The van der Waals surface area contributed by atoms with E-state index in [2.05, 4.69) is 53.6 Å². The number of H-pyrrole nitrogens is 1. The molecule has 1 heterocycles. The zero-order valence-corrected chi connectivity index (χ0v) is 18.2. The summed E-state index contributed by atoms with van der Waals surface area (Å²) < 4.78 is 5.42. The summed E-state index contributed by atoms with van der Waals surface area (Å²) in [6.45, 7) is 7.71. The first-order valence-corrected chi connectivity index (χ1v) is 10.6. The van der Waals surface area contributed by atoms with Crippen LogP contribution in [-0.4, -0.2) is 21.7 Å². The van der Waals surface area contributed by atoms with E-state index >= 15 is 0 Å². The summed E-state index contributed by atoms with van der Waals surface area (Å²) in [5.74, 6) is 0.747. The number of nitrogens with zero attached hydrogens (tertiary/aromatic N) is 1. The molecule has 1 amide bonds. The van der Waals surface area contributed by atoms with Crippen LogP contribution in [0.25, 0.3) is 22.4 Å². The van der Waals surface area contributed by atoms with Gasteiger partial charge < -0.3 is 15.0 Å². The highest BCUT2D eigenvalue weighted by atomic mass is 16.6. The van der Waals surface area contributed by atoms with Crippen molar-refractivity contribution in [1.82, 2.24) is 15.3 Å². The Kier molecular flexibility index (Phi) is 6.93. The number of benzene rings is 2. The number of carbonyl (C=O) groups excluding carboxylic acids is 1. The average molecular weight is 406 g/mol. The van der Waals surface area contributed by atoms with Crippen molar-refractivity contribution in [3.05, 3.63) is 66.6 Å². The molecule has 2 aromatic carbocycles. The Morgan fingerprint density at radius 2 is 1.67 bits per heavy atom. The predicted molar refractivity (Wildman–Crippen MR) is 121 cm³/mol. The Balaban J connectivity index is 1.75. The second-order valence-electron chi connectivity index (χ2n) is 8.46. The molecule has 3 aromatic rings. The Morgan fingerprint density at radius 1 is 1.03 bits per heavy atom. The second-order valence-corrected chi connectivity index (χ2v) is 8.46. The highest BCUT2D eigenvalue weighted by Crippen LogP contribution is 2.26. The van der Waals surface area contributed by atoms with Crippen molar-refractivity contribution in [2.24, 2.45) is 0 Å². The summed E-state index contributed by atoms with van der Waals surface area (Å²) in [5, 5.41) is 2.97. The normalized spacial score (nSPS) is 12.4. The number of ether oxygens (including phenoxy) is 1.